The summed E-state index contributed by atoms with van der Waals surface area (Å²) in [5, 5.41) is 6.07. The molecule has 0 saturated heterocycles. The number of aryl methyl sites for hydroxylation is 1. The number of anilines is 1. The molecule has 1 rings (SSSR count). The molecule has 2 N–H and O–H groups in total. The summed E-state index contributed by atoms with van der Waals surface area (Å²) in [6, 6.07) is 5.94. The van der Waals surface area contributed by atoms with Gasteiger partial charge >= 0.3 is 0 Å². The summed E-state index contributed by atoms with van der Waals surface area (Å²) in [5.41, 5.74) is 2.09. The molecule has 0 atom stereocenters. The molecule has 0 saturated carbocycles. The number of hydrogen-bond donors (Lipinski definition) is 2. The van der Waals surface area contributed by atoms with Gasteiger partial charge in [0, 0.05) is 19.5 Å². The van der Waals surface area contributed by atoms with Crippen molar-refractivity contribution in [3.05, 3.63) is 23.8 Å². The van der Waals surface area contributed by atoms with E-state index in [1.807, 2.05) is 32.0 Å². The molecule has 0 radical (unpaired) electrons. The van der Waals surface area contributed by atoms with E-state index in [9.17, 15) is 4.79 Å². The summed E-state index contributed by atoms with van der Waals surface area (Å²) in [4.78, 5) is 11.4. The summed E-state index contributed by atoms with van der Waals surface area (Å²) in [6.45, 7) is 5.41. The van der Waals surface area contributed by atoms with Crippen molar-refractivity contribution < 1.29 is 9.53 Å². The normalized spacial score (nSPS) is 9.94. The molecule has 0 fully saturated rings. The van der Waals surface area contributed by atoms with Gasteiger partial charge in [0.1, 0.15) is 5.75 Å². The second-order valence-corrected chi connectivity index (χ2v) is 4.23. The van der Waals surface area contributed by atoms with Gasteiger partial charge in [-0.15, -0.1) is 0 Å². The number of hydrogen-bond acceptors (Lipinski definition) is 3. The van der Waals surface area contributed by atoms with Crippen molar-refractivity contribution in [1.82, 2.24) is 5.32 Å². The third kappa shape index (κ3) is 4.65. The molecule has 1 aromatic carbocycles. The molecule has 0 unspecified atom stereocenters. The van der Waals surface area contributed by atoms with Crippen molar-refractivity contribution >= 4 is 11.6 Å². The summed E-state index contributed by atoms with van der Waals surface area (Å²) in [6.07, 6.45) is 1.43. The van der Waals surface area contributed by atoms with E-state index in [4.69, 9.17) is 4.74 Å². The van der Waals surface area contributed by atoms with Crippen molar-refractivity contribution in [2.45, 2.75) is 26.7 Å². The maximum absolute atomic E-state index is 11.4. The minimum absolute atomic E-state index is 0.0796. The fourth-order valence-electron chi connectivity index (χ4n) is 1.62. The topological polar surface area (TPSA) is 50.4 Å². The van der Waals surface area contributed by atoms with Crippen LogP contribution in [0, 0.1) is 6.92 Å². The summed E-state index contributed by atoms with van der Waals surface area (Å²) < 4.78 is 5.26. The van der Waals surface area contributed by atoms with Gasteiger partial charge in [-0.1, -0.05) is 13.0 Å². The third-order valence-electron chi connectivity index (χ3n) is 2.59. The molecule has 0 aromatic heterocycles. The molecule has 18 heavy (non-hydrogen) atoms. The minimum Gasteiger partial charge on any atom is -0.495 e. The molecule has 0 spiro atoms. The van der Waals surface area contributed by atoms with Crippen molar-refractivity contribution in [2.75, 3.05) is 25.5 Å². The number of amides is 1. The first-order valence-corrected chi connectivity index (χ1v) is 6.32. The zero-order valence-corrected chi connectivity index (χ0v) is 11.4. The molecular formula is C14H22N2O2. The average molecular weight is 250 g/mol. The van der Waals surface area contributed by atoms with Gasteiger partial charge in [-0.05, 0) is 31.0 Å². The Kier molecular flexibility index (Phi) is 6.05. The van der Waals surface area contributed by atoms with Crippen LogP contribution in [0.15, 0.2) is 18.2 Å². The van der Waals surface area contributed by atoms with Gasteiger partial charge in [0.2, 0.25) is 5.91 Å². The van der Waals surface area contributed by atoms with E-state index in [-0.39, 0.29) is 5.91 Å². The molecule has 0 bridgehead atoms. The Bertz CT molecular complexity index is 391. The lowest BCUT2D eigenvalue weighted by Gasteiger charge is -2.11. The van der Waals surface area contributed by atoms with E-state index < -0.39 is 0 Å². The first-order valence-electron chi connectivity index (χ1n) is 6.32. The number of ether oxygens (including phenoxy) is 1. The first kappa shape index (κ1) is 14.4. The Morgan fingerprint density at radius 2 is 2.11 bits per heavy atom. The van der Waals surface area contributed by atoms with Gasteiger partial charge in [-0.2, -0.15) is 0 Å². The monoisotopic (exact) mass is 250 g/mol. The van der Waals surface area contributed by atoms with E-state index in [2.05, 4.69) is 10.6 Å². The third-order valence-corrected chi connectivity index (χ3v) is 2.59. The maximum Gasteiger partial charge on any atom is 0.221 e. The lowest BCUT2D eigenvalue weighted by Crippen LogP contribution is -2.25. The highest BCUT2D eigenvalue weighted by molar-refractivity contribution is 5.76. The zero-order chi connectivity index (χ0) is 13.4. The SMILES string of the molecule is CCCNC(=O)CCNc1cc(C)ccc1OC. The van der Waals surface area contributed by atoms with Crippen LogP contribution in [0.2, 0.25) is 0 Å². The predicted octanol–water partition coefficient (Wildman–Crippen LogP) is 2.33. The van der Waals surface area contributed by atoms with Crippen LogP contribution in [0.3, 0.4) is 0 Å². The van der Waals surface area contributed by atoms with Gasteiger partial charge in [-0.3, -0.25) is 4.79 Å². The molecule has 4 heteroatoms. The van der Waals surface area contributed by atoms with Crippen LogP contribution in [0.25, 0.3) is 0 Å². The van der Waals surface area contributed by atoms with Gasteiger partial charge in [-0.25, -0.2) is 0 Å². The lowest BCUT2D eigenvalue weighted by molar-refractivity contribution is -0.120. The van der Waals surface area contributed by atoms with Crippen LogP contribution >= 0.6 is 0 Å². The van der Waals surface area contributed by atoms with Crippen molar-refractivity contribution in [2.24, 2.45) is 0 Å². The number of rotatable bonds is 7. The van der Waals surface area contributed by atoms with Gasteiger partial charge < -0.3 is 15.4 Å². The van der Waals surface area contributed by atoms with Crippen LogP contribution in [0.5, 0.6) is 5.75 Å². The summed E-state index contributed by atoms with van der Waals surface area (Å²) in [5.74, 6) is 0.880. The van der Waals surface area contributed by atoms with Crippen molar-refractivity contribution in [3.63, 3.8) is 0 Å². The van der Waals surface area contributed by atoms with E-state index in [1.54, 1.807) is 7.11 Å². The largest absolute Gasteiger partial charge is 0.495 e. The quantitative estimate of drug-likeness (QED) is 0.781. The van der Waals surface area contributed by atoms with Gasteiger partial charge in [0.25, 0.3) is 0 Å². The standard InChI is InChI=1S/C14H22N2O2/c1-4-8-16-14(17)7-9-15-12-10-11(2)5-6-13(12)18-3/h5-6,10,15H,4,7-9H2,1-3H3,(H,16,17). The second-order valence-electron chi connectivity index (χ2n) is 4.23. The number of carbonyl (C=O) groups excluding carboxylic acids is 1. The molecule has 0 aliphatic rings. The molecular weight excluding hydrogens is 228 g/mol. The minimum atomic E-state index is 0.0796. The van der Waals surface area contributed by atoms with Crippen molar-refractivity contribution in [1.29, 1.82) is 0 Å². The molecule has 4 nitrogen and oxygen atoms in total. The number of methoxy groups -OCH3 is 1. The zero-order valence-electron chi connectivity index (χ0n) is 11.4. The van der Waals surface area contributed by atoms with Crippen LogP contribution in [-0.4, -0.2) is 26.1 Å². The summed E-state index contributed by atoms with van der Waals surface area (Å²) in [7, 11) is 1.64. The van der Waals surface area contributed by atoms with E-state index >= 15 is 0 Å². The van der Waals surface area contributed by atoms with E-state index in [0.29, 0.717) is 13.0 Å². The fraction of sp³-hybridized carbons (Fsp3) is 0.500. The first-order chi connectivity index (χ1) is 8.67. The Morgan fingerprint density at radius 1 is 1.33 bits per heavy atom. The Morgan fingerprint density at radius 3 is 2.78 bits per heavy atom. The molecule has 1 amide bonds. The molecule has 0 aliphatic heterocycles. The predicted molar refractivity (Wildman–Crippen MR) is 74.1 cm³/mol. The Hall–Kier alpha value is -1.71. The van der Waals surface area contributed by atoms with Crippen molar-refractivity contribution in [3.8, 4) is 5.75 Å². The second kappa shape index (κ2) is 7.58. The van der Waals surface area contributed by atoms with Crippen LogP contribution in [0.4, 0.5) is 5.69 Å². The number of carbonyl (C=O) groups is 1. The van der Waals surface area contributed by atoms with Gasteiger partial charge in [0.05, 0.1) is 12.8 Å². The molecule has 1 aromatic rings. The van der Waals surface area contributed by atoms with Crippen LogP contribution < -0.4 is 15.4 Å². The van der Waals surface area contributed by atoms with E-state index in [1.165, 1.54) is 0 Å². The van der Waals surface area contributed by atoms with E-state index in [0.717, 1.165) is 30.0 Å². The number of benzene rings is 1. The molecule has 0 heterocycles. The molecule has 100 valence electrons. The molecule has 0 aliphatic carbocycles. The lowest BCUT2D eigenvalue weighted by atomic mass is 10.2. The average Bonchev–Trinajstić information content (AvgIpc) is 2.36. The smallest absolute Gasteiger partial charge is 0.221 e. The summed E-state index contributed by atoms with van der Waals surface area (Å²) >= 11 is 0. The Labute approximate surface area is 109 Å². The van der Waals surface area contributed by atoms with Gasteiger partial charge in [0.15, 0.2) is 0 Å². The highest BCUT2D eigenvalue weighted by Crippen LogP contribution is 2.24. The Balaban J connectivity index is 2.43. The highest BCUT2D eigenvalue weighted by Gasteiger charge is 2.04. The maximum atomic E-state index is 11.4. The van der Waals surface area contributed by atoms with Crippen LogP contribution in [0.1, 0.15) is 25.3 Å². The fourth-order valence-corrected chi connectivity index (χ4v) is 1.62. The number of nitrogens with one attached hydrogen (secondary N) is 2. The van der Waals surface area contributed by atoms with Crippen LogP contribution in [-0.2, 0) is 4.79 Å². The highest BCUT2D eigenvalue weighted by atomic mass is 16.5.